The van der Waals surface area contributed by atoms with Gasteiger partial charge in [0.2, 0.25) is 0 Å². The molecule has 0 atom stereocenters. The number of fused-ring (bicyclic) bond motifs is 1. The number of carbonyl (C=O) groups is 3. The summed E-state index contributed by atoms with van der Waals surface area (Å²) < 4.78 is 16.1. The summed E-state index contributed by atoms with van der Waals surface area (Å²) in [7, 11) is 0. The van der Waals surface area contributed by atoms with Gasteiger partial charge in [0.25, 0.3) is 5.91 Å². The molecule has 0 aliphatic carbocycles. The van der Waals surface area contributed by atoms with E-state index >= 15 is 0 Å². The normalized spacial score (nSPS) is 10.8. The van der Waals surface area contributed by atoms with Crippen LogP contribution in [-0.2, 0) is 9.53 Å². The van der Waals surface area contributed by atoms with Crippen LogP contribution in [0.4, 0.5) is 5.69 Å². The lowest BCUT2D eigenvalue weighted by Crippen LogP contribution is -2.21. The summed E-state index contributed by atoms with van der Waals surface area (Å²) >= 11 is 5.83. The van der Waals surface area contributed by atoms with Gasteiger partial charge in [-0.05, 0) is 60.7 Å². The van der Waals surface area contributed by atoms with Gasteiger partial charge in [0.1, 0.15) is 11.4 Å². The maximum Gasteiger partial charge on any atom is 0.338 e. The van der Waals surface area contributed by atoms with E-state index in [-0.39, 0.29) is 21.8 Å². The number of carbonyl (C=O) groups excluding carboxylic acids is 2. The van der Waals surface area contributed by atoms with E-state index in [9.17, 15) is 14.4 Å². The molecule has 1 amide bonds. The predicted octanol–water partition coefficient (Wildman–Crippen LogP) is 5.30. The van der Waals surface area contributed by atoms with E-state index < -0.39 is 24.5 Å². The predicted molar refractivity (Wildman–Crippen MR) is 132 cm³/mol. The molecule has 0 bridgehead atoms. The molecule has 0 unspecified atom stereocenters. The Bertz CT molecular complexity index is 1630. The first-order chi connectivity index (χ1) is 17.9. The number of nitrogens with zero attached hydrogens (tertiary/aromatic N) is 2. The lowest BCUT2D eigenvalue weighted by molar-refractivity contribution is -0.119. The molecule has 2 aromatic carbocycles. The third kappa shape index (κ3) is 5.04. The number of hydrogen-bond donors (Lipinski definition) is 2. The Morgan fingerprint density at radius 3 is 2.19 bits per heavy atom. The summed E-state index contributed by atoms with van der Waals surface area (Å²) in [5, 5.41) is 11.6. The first kappa shape index (κ1) is 23.8. The molecule has 3 aromatic heterocycles. The van der Waals surface area contributed by atoms with Crippen LogP contribution < -0.4 is 5.32 Å². The highest BCUT2D eigenvalue weighted by molar-refractivity contribution is 6.33. The summed E-state index contributed by atoms with van der Waals surface area (Å²) in [5.41, 5.74) is 2.01. The second-order valence-electron chi connectivity index (χ2n) is 7.70. The van der Waals surface area contributed by atoms with Gasteiger partial charge >= 0.3 is 11.9 Å². The average Bonchev–Trinajstić information content (AvgIpc) is 3.62. The summed E-state index contributed by atoms with van der Waals surface area (Å²) in [6.07, 6.45) is 3.04. The first-order valence-corrected chi connectivity index (χ1v) is 11.2. The number of furan rings is 2. The van der Waals surface area contributed by atoms with E-state index in [2.05, 4.69) is 15.3 Å². The van der Waals surface area contributed by atoms with Crippen LogP contribution in [0, 0.1) is 0 Å². The topological polar surface area (TPSA) is 145 Å². The monoisotopic (exact) mass is 517 g/mol. The molecule has 0 radical (unpaired) electrons. The molecule has 0 aliphatic heterocycles. The van der Waals surface area contributed by atoms with Crippen LogP contribution in [0.15, 0.2) is 82.0 Å². The number of amides is 1. The van der Waals surface area contributed by atoms with Gasteiger partial charge in [-0.1, -0.05) is 11.6 Å². The molecule has 3 heterocycles. The number of nitrogens with one attached hydrogen (secondary N) is 1. The van der Waals surface area contributed by atoms with Crippen LogP contribution in [0.3, 0.4) is 0 Å². The number of esters is 1. The van der Waals surface area contributed by atoms with Crippen LogP contribution >= 0.6 is 11.6 Å². The number of aromatic carboxylic acids is 1. The summed E-state index contributed by atoms with van der Waals surface area (Å²) in [5.74, 6) is -1.67. The molecule has 5 rings (SSSR count). The summed E-state index contributed by atoms with van der Waals surface area (Å²) in [6, 6.07) is 15.6. The van der Waals surface area contributed by atoms with Gasteiger partial charge in [-0.25, -0.2) is 19.6 Å². The highest BCUT2D eigenvalue weighted by atomic mass is 35.5. The molecular formula is C26H16ClN3O7. The minimum absolute atomic E-state index is 0.0304. The van der Waals surface area contributed by atoms with Crippen molar-refractivity contribution in [2.75, 3.05) is 11.9 Å². The maximum absolute atomic E-state index is 12.6. The third-order valence-electron chi connectivity index (χ3n) is 5.22. The SMILES string of the molecule is O=C(COC(=O)c1ccc2nc(-c3ccco3)c(-c3ccco3)nc2c1)Nc1ccc(Cl)c(C(=O)O)c1. The number of anilines is 1. The Labute approximate surface area is 213 Å². The fourth-order valence-electron chi connectivity index (χ4n) is 3.53. The van der Waals surface area contributed by atoms with Crippen LogP contribution in [0.5, 0.6) is 0 Å². The molecule has 0 fully saturated rings. The van der Waals surface area contributed by atoms with E-state index in [0.717, 1.165) is 0 Å². The van der Waals surface area contributed by atoms with E-state index in [4.69, 9.17) is 30.3 Å². The zero-order valence-corrected chi connectivity index (χ0v) is 19.6. The number of carboxylic acid groups (broad SMARTS) is 1. The van der Waals surface area contributed by atoms with E-state index in [1.165, 1.54) is 42.9 Å². The molecule has 184 valence electrons. The van der Waals surface area contributed by atoms with Gasteiger partial charge < -0.3 is 24.0 Å². The first-order valence-electron chi connectivity index (χ1n) is 10.8. The molecule has 0 saturated heterocycles. The van der Waals surface area contributed by atoms with Gasteiger partial charge in [0.15, 0.2) is 18.1 Å². The third-order valence-corrected chi connectivity index (χ3v) is 5.55. The number of aromatic nitrogens is 2. The largest absolute Gasteiger partial charge is 0.478 e. The molecule has 37 heavy (non-hydrogen) atoms. The van der Waals surface area contributed by atoms with Gasteiger partial charge in [-0.15, -0.1) is 0 Å². The second kappa shape index (κ2) is 9.96. The zero-order chi connectivity index (χ0) is 25.9. The highest BCUT2D eigenvalue weighted by Gasteiger charge is 2.19. The van der Waals surface area contributed by atoms with Crippen LogP contribution in [0.25, 0.3) is 33.9 Å². The van der Waals surface area contributed by atoms with E-state index in [1.54, 1.807) is 30.3 Å². The number of carboxylic acids is 1. The van der Waals surface area contributed by atoms with Crippen molar-refractivity contribution < 1.29 is 33.1 Å². The van der Waals surface area contributed by atoms with Crippen molar-refractivity contribution in [2.24, 2.45) is 0 Å². The van der Waals surface area contributed by atoms with Crippen molar-refractivity contribution in [3.05, 3.63) is 89.3 Å². The number of ether oxygens (including phenoxy) is 1. The Morgan fingerprint density at radius 1 is 0.892 bits per heavy atom. The van der Waals surface area contributed by atoms with Crippen molar-refractivity contribution in [2.45, 2.75) is 0 Å². The van der Waals surface area contributed by atoms with Crippen molar-refractivity contribution in [3.63, 3.8) is 0 Å². The van der Waals surface area contributed by atoms with Gasteiger partial charge in [-0.2, -0.15) is 0 Å². The Balaban J connectivity index is 1.34. The van der Waals surface area contributed by atoms with Crippen molar-refractivity contribution >= 4 is 46.2 Å². The molecule has 10 nitrogen and oxygen atoms in total. The molecule has 0 aliphatic rings. The summed E-state index contributed by atoms with van der Waals surface area (Å²) in [4.78, 5) is 45.3. The molecule has 11 heteroatoms. The fourth-order valence-corrected chi connectivity index (χ4v) is 3.73. The fraction of sp³-hybridized carbons (Fsp3) is 0.0385. The Kier molecular flexibility index (Phi) is 6.40. The van der Waals surface area contributed by atoms with Crippen molar-refractivity contribution in [1.29, 1.82) is 0 Å². The molecule has 0 spiro atoms. The average molecular weight is 518 g/mol. The van der Waals surface area contributed by atoms with E-state index in [1.807, 2.05) is 0 Å². The van der Waals surface area contributed by atoms with Crippen LogP contribution in [-0.4, -0.2) is 39.5 Å². The summed E-state index contributed by atoms with van der Waals surface area (Å²) in [6.45, 7) is -0.595. The lowest BCUT2D eigenvalue weighted by Gasteiger charge is -2.09. The lowest BCUT2D eigenvalue weighted by atomic mass is 10.1. The van der Waals surface area contributed by atoms with Gasteiger partial charge in [0, 0.05) is 5.69 Å². The number of hydrogen-bond acceptors (Lipinski definition) is 8. The molecule has 2 N–H and O–H groups in total. The minimum Gasteiger partial charge on any atom is -0.478 e. The Morgan fingerprint density at radius 2 is 1.57 bits per heavy atom. The zero-order valence-electron chi connectivity index (χ0n) is 18.8. The number of benzene rings is 2. The van der Waals surface area contributed by atoms with Crippen LogP contribution in [0.1, 0.15) is 20.7 Å². The minimum atomic E-state index is -1.24. The molecule has 0 saturated carbocycles. The molecular weight excluding hydrogens is 502 g/mol. The van der Waals surface area contributed by atoms with Gasteiger partial charge in [0.05, 0.1) is 39.7 Å². The second-order valence-corrected chi connectivity index (χ2v) is 8.11. The number of rotatable bonds is 7. The van der Waals surface area contributed by atoms with Crippen molar-refractivity contribution in [1.82, 2.24) is 9.97 Å². The maximum atomic E-state index is 12.6. The van der Waals surface area contributed by atoms with Crippen LogP contribution in [0.2, 0.25) is 5.02 Å². The highest BCUT2D eigenvalue weighted by Crippen LogP contribution is 2.31. The number of halogens is 1. The van der Waals surface area contributed by atoms with E-state index in [0.29, 0.717) is 33.9 Å². The Hall–Kier alpha value is -4.96. The standard InChI is InChI=1S/C26H16ClN3O7/c27-17-7-6-15(12-16(17)25(32)33)28-22(31)13-37-26(34)14-5-8-18-19(11-14)30-24(21-4-2-10-36-21)23(29-18)20-3-1-9-35-20/h1-12H,13H2,(H,28,31)(H,32,33). The smallest absolute Gasteiger partial charge is 0.338 e. The van der Waals surface area contributed by atoms with Crippen molar-refractivity contribution in [3.8, 4) is 22.9 Å². The molecule has 5 aromatic rings. The quantitative estimate of drug-likeness (QED) is 0.275. The van der Waals surface area contributed by atoms with Gasteiger partial charge in [-0.3, -0.25) is 4.79 Å².